The minimum absolute atomic E-state index is 0.265. The predicted molar refractivity (Wildman–Crippen MR) is 110 cm³/mol. The van der Waals surface area contributed by atoms with E-state index in [0.717, 1.165) is 25.9 Å². The van der Waals surface area contributed by atoms with Gasteiger partial charge in [-0.25, -0.2) is 4.79 Å². The Labute approximate surface area is 183 Å². The molecule has 1 aliphatic rings. The number of alkyl halides is 3. The highest BCUT2D eigenvalue weighted by molar-refractivity contribution is 7.11. The number of carboxylic acids is 1. The van der Waals surface area contributed by atoms with Crippen molar-refractivity contribution in [2.24, 2.45) is 7.05 Å². The molecule has 1 saturated heterocycles. The SMILES string of the molecule is COCCO[C@@H]1CCN(Cc2ccc(C)s2)[C@H]1Cc1cnn(C)c1.O=C(O)C(F)(F)F. The van der Waals surface area contributed by atoms with Gasteiger partial charge in [-0.05, 0) is 37.5 Å². The van der Waals surface area contributed by atoms with Crippen LogP contribution >= 0.6 is 11.3 Å². The van der Waals surface area contributed by atoms with Crippen molar-refractivity contribution in [3.05, 3.63) is 39.8 Å². The van der Waals surface area contributed by atoms with E-state index in [1.165, 1.54) is 15.3 Å². The van der Waals surface area contributed by atoms with Gasteiger partial charge in [0.2, 0.25) is 0 Å². The highest BCUT2D eigenvalue weighted by Gasteiger charge is 2.38. The summed E-state index contributed by atoms with van der Waals surface area (Å²) in [5, 5.41) is 11.4. The molecule has 0 radical (unpaired) electrons. The summed E-state index contributed by atoms with van der Waals surface area (Å²) < 4.78 is 44.9. The van der Waals surface area contributed by atoms with Crippen LogP contribution in [-0.4, -0.2) is 70.9 Å². The zero-order valence-electron chi connectivity index (χ0n) is 17.8. The average Bonchev–Trinajstić information content (AvgIpc) is 3.38. The number of rotatable bonds is 8. The number of thiophene rings is 1. The van der Waals surface area contributed by atoms with Crippen LogP contribution in [0.1, 0.15) is 21.7 Å². The molecule has 7 nitrogen and oxygen atoms in total. The van der Waals surface area contributed by atoms with Crippen LogP contribution in [0.15, 0.2) is 24.5 Å². The van der Waals surface area contributed by atoms with Crippen LogP contribution < -0.4 is 0 Å². The van der Waals surface area contributed by atoms with E-state index in [1.54, 1.807) is 7.11 Å². The normalized spacial score (nSPS) is 19.3. The molecule has 0 saturated carbocycles. The maximum atomic E-state index is 10.6. The second kappa shape index (κ2) is 11.6. The fraction of sp³-hybridized carbons (Fsp3) is 0.600. The molecular formula is C20H28F3N3O4S. The molecule has 2 aromatic rings. The highest BCUT2D eigenvalue weighted by atomic mass is 32.1. The van der Waals surface area contributed by atoms with Gasteiger partial charge in [-0.3, -0.25) is 9.58 Å². The molecule has 0 amide bonds. The van der Waals surface area contributed by atoms with Gasteiger partial charge in [0.15, 0.2) is 0 Å². The molecule has 3 rings (SSSR count). The molecule has 2 atom stereocenters. The Hall–Kier alpha value is -1.95. The van der Waals surface area contributed by atoms with Gasteiger partial charge in [-0.1, -0.05) is 0 Å². The van der Waals surface area contributed by atoms with Gasteiger partial charge in [0.25, 0.3) is 0 Å². The Kier molecular flexibility index (Phi) is 9.48. The van der Waals surface area contributed by atoms with Crippen LogP contribution in [0.4, 0.5) is 13.2 Å². The fourth-order valence-corrected chi connectivity index (χ4v) is 4.33. The van der Waals surface area contributed by atoms with Gasteiger partial charge in [0.05, 0.1) is 25.5 Å². The first-order valence-electron chi connectivity index (χ1n) is 9.77. The van der Waals surface area contributed by atoms with Crippen molar-refractivity contribution >= 4 is 17.3 Å². The molecular weight excluding hydrogens is 435 g/mol. The van der Waals surface area contributed by atoms with Gasteiger partial charge in [0, 0.05) is 49.2 Å². The Morgan fingerprint density at radius 1 is 1.35 bits per heavy atom. The number of hydrogen-bond acceptors (Lipinski definition) is 6. The molecule has 11 heteroatoms. The molecule has 3 heterocycles. The molecule has 0 aliphatic carbocycles. The summed E-state index contributed by atoms with van der Waals surface area (Å²) in [4.78, 5) is 14.3. The van der Waals surface area contributed by atoms with Crippen LogP contribution in [0.5, 0.6) is 0 Å². The number of carbonyl (C=O) groups is 1. The number of aliphatic carboxylic acids is 1. The Morgan fingerprint density at radius 3 is 2.58 bits per heavy atom. The minimum atomic E-state index is -5.08. The zero-order valence-corrected chi connectivity index (χ0v) is 18.6. The summed E-state index contributed by atoms with van der Waals surface area (Å²) in [5.41, 5.74) is 1.28. The molecule has 1 fully saturated rings. The molecule has 0 spiro atoms. The van der Waals surface area contributed by atoms with Crippen molar-refractivity contribution in [2.45, 2.75) is 44.6 Å². The Bertz CT molecular complexity index is 825. The third kappa shape index (κ3) is 8.24. The number of ether oxygens (including phenoxy) is 2. The summed E-state index contributed by atoms with van der Waals surface area (Å²) in [7, 11) is 3.69. The molecule has 1 aliphatic heterocycles. The number of halogens is 3. The largest absolute Gasteiger partial charge is 0.490 e. The summed E-state index contributed by atoms with van der Waals surface area (Å²) in [6.07, 6.45) is 1.33. The third-order valence-corrected chi connectivity index (χ3v) is 5.80. The molecule has 0 bridgehead atoms. The molecule has 174 valence electrons. The molecule has 2 aromatic heterocycles. The number of aryl methyl sites for hydroxylation is 2. The fourth-order valence-electron chi connectivity index (χ4n) is 3.41. The first kappa shape index (κ1) is 25.3. The summed E-state index contributed by atoms with van der Waals surface area (Å²) in [6.45, 7) is 5.58. The first-order valence-corrected chi connectivity index (χ1v) is 10.6. The van der Waals surface area contributed by atoms with Gasteiger partial charge in [0.1, 0.15) is 0 Å². The standard InChI is InChI=1S/C18H27N3O2S.C2HF3O2/c1-14-4-5-16(24-14)13-21-7-6-18(23-9-8-22-3)17(21)10-15-11-19-20(2)12-15;3-2(4,5)1(6)7/h4-5,11-12,17-18H,6-10,13H2,1-3H3;(H,6,7)/t17-,18+;/m0./s1. The van der Waals surface area contributed by atoms with Gasteiger partial charge in [-0.2, -0.15) is 18.3 Å². The van der Waals surface area contributed by atoms with Crippen LogP contribution in [0.3, 0.4) is 0 Å². The van der Waals surface area contributed by atoms with E-state index >= 15 is 0 Å². The zero-order chi connectivity index (χ0) is 23.0. The lowest BCUT2D eigenvalue weighted by molar-refractivity contribution is -0.192. The van der Waals surface area contributed by atoms with Crippen molar-refractivity contribution in [1.29, 1.82) is 0 Å². The number of likely N-dealkylation sites (tertiary alicyclic amines) is 1. The van der Waals surface area contributed by atoms with Gasteiger partial charge < -0.3 is 14.6 Å². The number of aromatic nitrogens is 2. The lowest BCUT2D eigenvalue weighted by Crippen LogP contribution is -2.38. The van der Waals surface area contributed by atoms with Crippen molar-refractivity contribution in [3.8, 4) is 0 Å². The van der Waals surface area contributed by atoms with Crippen LogP contribution in [-0.2, 0) is 34.3 Å². The topological polar surface area (TPSA) is 76.8 Å². The molecule has 0 unspecified atom stereocenters. The summed E-state index contributed by atoms with van der Waals surface area (Å²) >= 11 is 1.89. The minimum Gasteiger partial charge on any atom is -0.475 e. The Morgan fingerprint density at radius 2 is 2.06 bits per heavy atom. The quantitative estimate of drug-likeness (QED) is 0.606. The number of nitrogens with zero attached hydrogens (tertiary/aromatic N) is 3. The lowest BCUT2D eigenvalue weighted by Gasteiger charge is -2.27. The highest BCUT2D eigenvalue weighted by Crippen LogP contribution is 2.28. The molecule has 31 heavy (non-hydrogen) atoms. The number of carboxylic acid groups (broad SMARTS) is 1. The average molecular weight is 464 g/mol. The van der Waals surface area contributed by atoms with Crippen LogP contribution in [0.25, 0.3) is 0 Å². The molecule has 1 N–H and O–H groups in total. The summed E-state index contributed by atoms with van der Waals surface area (Å²) in [6, 6.07) is 4.85. The van der Waals surface area contributed by atoms with E-state index in [4.69, 9.17) is 19.4 Å². The van der Waals surface area contributed by atoms with Crippen molar-refractivity contribution in [3.63, 3.8) is 0 Å². The maximum absolute atomic E-state index is 10.6. The van der Waals surface area contributed by atoms with Crippen LogP contribution in [0, 0.1) is 6.92 Å². The monoisotopic (exact) mass is 463 g/mol. The Balaban J connectivity index is 0.000000423. The second-order valence-corrected chi connectivity index (χ2v) is 8.64. The van der Waals surface area contributed by atoms with E-state index in [9.17, 15) is 13.2 Å². The first-order chi connectivity index (χ1) is 14.6. The smallest absolute Gasteiger partial charge is 0.475 e. The summed E-state index contributed by atoms with van der Waals surface area (Å²) in [5.74, 6) is -2.76. The van der Waals surface area contributed by atoms with E-state index in [-0.39, 0.29) is 6.10 Å². The van der Waals surface area contributed by atoms with E-state index in [1.807, 2.05) is 29.3 Å². The van der Waals surface area contributed by atoms with E-state index in [2.05, 4.69) is 35.3 Å². The number of methoxy groups -OCH3 is 1. The van der Waals surface area contributed by atoms with Crippen molar-refractivity contribution in [2.75, 3.05) is 26.9 Å². The van der Waals surface area contributed by atoms with Crippen LogP contribution in [0.2, 0.25) is 0 Å². The van der Waals surface area contributed by atoms with Gasteiger partial charge >= 0.3 is 12.1 Å². The lowest BCUT2D eigenvalue weighted by atomic mass is 10.0. The van der Waals surface area contributed by atoms with E-state index < -0.39 is 12.1 Å². The van der Waals surface area contributed by atoms with E-state index in [0.29, 0.717) is 19.3 Å². The van der Waals surface area contributed by atoms with Gasteiger partial charge in [-0.15, -0.1) is 11.3 Å². The maximum Gasteiger partial charge on any atom is 0.490 e. The second-order valence-electron chi connectivity index (χ2n) is 7.27. The van der Waals surface area contributed by atoms with Crippen molar-refractivity contribution in [1.82, 2.24) is 14.7 Å². The van der Waals surface area contributed by atoms with Crippen molar-refractivity contribution < 1.29 is 32.5 Å². The third-order valence-electron chi connectivity index (χ3n) is 4.82. The predicted octanol–water partition coefficient (Wildman–Crippen LogP) is 3.27. The molecule has 0 aromatic carbocycles. The number of hydrogen-bond donors (Lipinski definition) is 1.